The molecule has 0 radical (unpaired) electrons. The van der Waals surface area contributed by atoms with Gasteiger partial charge in [-0.2, -0.15) is 5.26 Å². The third-order valence-corrected chi connectivity index (χ3v) is 1.40. The maximum atomic E-state index is 12.0. The highest BCUT2D eigenvalue weighted by molar-refractivity contribution is 5.46. The topological polar surface area (TPSA) is 46.8 Å². The van der Waals surface area contributed by atoms with E-state index >= 15 is 0 Å². The zero-order valence-corrected chi connectivity index (χ0v) is 6.27. The lowest BCUT2D eigenvalue weighted by molar-refractivity contribution is 0.543. The van der Waals surface area contributed by atoms with Crippen LogP contribution in [0.1, 0.15) is 11.0 Å². The van der Waals surface area contributed by atoms with Gasteiger partial charge in [0.25, 0.3) is 0 Å². The zero-order chi connectivity index (χ0) is 12.3. The quantitative estimate of drug-likeness (QED) is 0.470. The summed E-state index contributed by atoms with van der Waals surface area (Å²) >= 11 is 0. The molecule has 12 heavy (non-hydrogen) atoms. The normalized spacial score (nSPS) is 16.2. The van der Waals surface area contributed by atoms with Crippen molar-refractivity contribution in [2.75, 3.05) is 14.0 Å². The van der Waals surface area contributed by atoms with Crippen LogP contribution >= 0.6 is 0 Å². The van der Waals surface area contributed by atoms with Crippen molar-refractivity contribution in [2.45, 2.75) is 0 Å². The number of hydroxylamine groups is 2. The van der Waals surface area contributed by atoms with E-state index in [0.717, 1.165) is 0 Å². The molecule has 0 amide bonds. The highest BCUT2D eigenvalue weighted by atomic mass is 16.5. The molecule has 0 aliphatic heterocycles. The second-order valence-electron chi connectivity index (χ2n) is 2.37. The maximum absolute atomic E-state index is 12.0. The van der Waals surface area contributed by atoms with Gasteiger partial charge in [0.1, 0.15) is 5.69 Å². The fraction of sp³-hybridized carbons (Fsp3) is 0.222. The van der Waals surface area contributed by atoms with Crippen LogP contribution in [0.15, 0.2) is 24.3 Å². The Hall–Kier alpha value is -1.37. The van der Waals surface area contributed by atoms with Crippen LogP contribution < -0.4 is 4.65 Å². The second kappa shape index (κ2) is 2.94. The first-order valence-corrected chi connectivity index (χ1v) is 3.22. The minimum absolute atomic E-state index is 0.0380. The molecule has 0 saturated heterocycles. The highest BCUT2D eigenvalue weighted by Crippen LogP contribution is 2.17. The Bertz CT molecular complexity index is 391. The van der Waals surface area contributed by atoms with Crippen LogP contribution in [0.3, 0.4) is 0 Å². The van der Waals surface area contributed by atoms with Crippen LogP contribution in [-0.4, -0.2) is 14.0 Å². The molecular formula is C9H10N2O. The standard InChI is InChI=1S/C9H10N2O/c1-11(2,12)9-5-3-8(7-10)4-6-9/h3-6H,1-2H3/i1D2,2D2. The number of quaternary nitrogens is 1. The summed E-state index contributed by atoms with van der Waals surface area (Å²) in [7, 11) is 0. The predicted octanol–water partition coefficient (Wildman–Crippen LogP) is 1.62. The minimum atomic E-state index is -1.91. The average molecular weight is 166 g/mol. The molecule has 0 aliphatic rings. The van der Waals surface area contributed by atoms with Gasteiger partial charge in [-0.1, -0.05) is 0 Å². The monoisotopic (exact) mass is 166 g/mol. The summed E-state index contributed by atoms with van der Waals surface area (Å²) < 4.78 is 26.8. The molecule has 62 valence electrons. The summed E-state index contributed by atoms with van der Waals surface area (Å²) in [6.07, 6.45) is 0. The van der Waals surface area contributed by atoms with E-state index in [0.29, 0.717) is 5.56 Å². The van der Waals surface area contributed by atoms with Gasteiger partial charge in [0.15, 0.2) is 0 Å². The van der Waals surface area contributed by atoms with Gasteiger partial charge >= 0.3 is 0 Å². The SMILES string of the molecule is [2H]C([2H])[N+]([O-])(c1ccc(C#N)cc1)C([2H])[2H]. The molecule has 0 fully saturated rings. The summed E-state index contributed by atoms with van der Waals surface area (Å²) in [6, 6.07) is 7.15. The van der Waals surface area contributed by atoms with Crippen LogP contribution in [0.5, 0.6) is 0 Å². The molecule has 0 bridgehead atoms. The van der Waals surface area contributed by atoms with E-state index in [2.05, 4.69) is 0 Å². The Balaban J connectivity index is 3.18. The number of benzene rings is 1. The Morgan fingerprint density at radius 2 is 2.00 bits per heavy atom. The molecular weight excluding hydrogens is 152 g/mol. The zero-order valence-electron chi connectivity index (χ0n) is 10.3. The highest BCUT2D eigenvalue weighted by Gasteiger charge is 2.05. The van der Waals surface area contributed by atoms with Gasteiger partial charge in [0.05, 0.1) is 31.1 Å². The van der Waals surface area contributed by atoms with E-state index in [9.17, 15) is 5.21 Å². The molecule has 0 saturated carbocycles. The molecule has 0 aromatic heterocycles. The largest absolute Gasteiger partial charge is 0.628 e. The smallest absolute Gasteiger partial charge is 0.132 e. The van der Waals surface area contributed by atoms with Crippen LogP contribution in [0.4, 0.5) is 5.69 Å². The number of rotatable bonds is 1. The Morgan fingerprint density at radius 3 is 2.42 bits per heavy atom. The number of hydrogen-bond donors (Lipinski definition) is 0. The van der Waals surface area contributed by atoms with Crippen molar-refractivity contribution in [3.8, 4) is 6.07 Å². The van der Waals surface area contributed by atoms with Crippen molar-refractivity contribution >= 4 is 5.69 Å². The average Bonchev–Trinajstić information content (AvgIpc) is 2.27. The van der Waals surface area contributed by atoms with Crippen LogP contribution in [0.2, 0.25) is 0 Å². The summed E-state index contributed by atoms with van der Waals surface area (Å²) in [5.74, 6) is 0. The molecule has 0 aliphatic carbocycles. The molecule has 3 heteroatoms. The second-order valence-corrected chi connectivity index (χ2v) is 2.37. The molecule has 0 N–H and O–H groups in total. The summed E-state index contributed by atoms with van der Waals surface area (Å²) in [4.78, 5) is 0. The first-order chi connectivity index (χ1) is 7.42. The third-order valence-electron chi connectivity index (χ3n) is 1.40. The van der Waals surface area contributed by atoms with Crippen molar-refractivity contribution in [3.63, 3.8) is 0 Å². The number of nitriles is 1. The van der Waals surface area contributed by atoms with Crippen molar-refractivity contribution in [1.29, 1.82) is 5.26 Å². The Morgan fingerprint density at radius 1 is 1.42 bits per heavy atom. The Kier molecular flexibility index (Phi) is 1.13. The summed E-state index contributed by atoms with van der Waals surface area (Å²) in [5.41, 5.74) is 0.303. The van der Waals surface area contributed by atoms with Crippen molar-refractivity contribution < 1.29 is 5.48 Å². The minimum Gasteiger partial charge on any atom is -0.628 e. The molecule has 0 atom stereocenters. The van der Waals surface area contributed by atoms with E-state index in [4.69, 9.17) is 10.7 Å². The lowest BCUT2D eigenvalue weighted by Gasteiger charge is -2.32. The molecule has 3 nitrogen and oxygen atoms in total. The maximum Gasteiger partial charge on any atom is 0.132 e. The number of hydrogen-bond acceptors (Lipinski definition) is 2. The summed E-state index contributed by atoms with van der Waals surface area (Å²) in [5, 5.41) is 20.6. The molecule has 0 unspecified atom stereocenters. The molecule has 1 aromatic carbocycles. The van der Waals surface area contributed by atoms with E-state index < -0.39 is 18.6 Å². The summed E-state index contributed by atoms with van der Waals surface area (Å²) in [6.45, 7) is -3.82. The van der Waals surface area contributed by atoms with Crippen molar-refractivity contribution in [1.82, 2.24) is 4.65 Å². The van der Waals surface area contributed by atoms with E-state index in [-0.39, 0.29) is 5.69 Å². The Labute approximate surface area is 77.3 Å². The van der Waals surface area contributed by atoms with Gasteiger partial charge in [0, 0.05) is 12.1 Å². The fourth-order valence-corrected chi connectivity index (χ4v) is 0.769. The van der Waals surface area contributed by atoms with Gasteiger partial charge in [0.2, 0.25) is 0 Å². The van der Waals surface area contributed by atoms with Crippen molar-refractivity contribution in [3.05, 3.63) is 35.0 Å². The predicted molar refractivity (Wildman–Crippen MR) is 48.2 cm³/mol. The van der Waals surface area contributed by atoms with Gasteiger partial charge in [-0.05, 0) is 12.1 Å². The van der Waals surface area contributed by atoms with Crippen LogP contribution in [-0.2, 0) is 0 Å². The molecule has 1 rings (SSSR count). The van der Waals surface area contributed by atoms with E-state index in [1.165, 1.54) is 24.3 Å². The van der Waals surface area contributed by atoms with Crippen LogP contribution in [0, 0.1) is 16.5 Å². The lowest BCUT2D eigenvalue weighted by Crippen LogP contribution is -2.32. The molecule has 0 heterocycles. The van der Waals surface area contributed by atoms with Gasteiger partial charge in [-0.15, -0.1) is 0 Å². The third kappa shape index (κ3) is 1.82. The molecule has 0 spiro atoms. The van der Waals surface area contributed by atoms with Crippen LogP contribution in [0.25, 0.3) is 0 Å². The van der Waals surface area contributed by atoms with Crippen molar-refractivity contribution in [2.24, 2.45) is 0 Å². The van der Waals surface area contributed by atoms with Gasteiger partial charge < -0.3 is 9.85 Å². The lowest BCUT2D eigenvalue weighted by atomic mass is 10.2. The molecule has 1 aromatic rings. The first kappa shape index (κ1) is 4.61. The van der Waals surface area contributed by atoms with Gasteiger partial charge in [-0.25, -0.2) is 0 Å². The fourth-order valence-electron chi connectivity index (χ4n) is 0.769. The van der Waals surface area contributed by atoms with E-state index in [1.807, 2.05) is 6.07 Å². The number of nitrogens with zero attached hydrogens (tertiary/aromatic N) is 2. The van der Waals surface area contributed by atoms with Gasteiger partial charge in [-0.3, -0.25) is 0 Å². The van der Waals surface area contributed by atoms with E-state index in [1.54, 1.807) is 0 Å². The first-order valence-electron chi connectivity index (χ1n) is 5.53.